The zero-order chi connectivity index (χ0) is 18.1. The molecule has 1 aromatic carbocycles. The number of hydrogen-bond donors (Lipinski definition) is 2. The van der Waals surface area contributed by atoms with Crippen LogP contribution in [0.25, 0.3) is 10.9 Å². The number of H-pyrrole nitrogens is 1. The monoisotopic (exact) mass is 344 g/mol. The van der Waals surface area contributed by atoms with Crippen molar-refractivity contribution in [2.24, 2.45) is 5.73 Å². The normalized spacial score (nSPS) is 17.6. The molecule has 3 N–H and O–H groups in total. The Morgan fingerprint density at radius 1 is 1.28 bits per heavy atom. The van der Waals surface area contributed by atoms with Gasteiger partial charge in [0.2, 0.25) is 11.8 Å². The maximum absolute atomic E-state index is 12.8. The quantitative estimate of drug-likeness (QED) is 0.836. The van der Waals surface area contributed by atoms with Gasteiger partial charge in [-0.15, -0.1) is 0 Å². The Morgan fingerprint density at radius 3 is 2.68 bits per heavy atom. The molecule has 1 aliphatic heterocycles. The number of aromatic nitrogens is 1. The van der Waals surface area contributed by atoms with Crippen LogP contribution in [0.15, 0.2) is 24.3 Å². The Bertz CT molecular complexity index is 844. The van der Waals surface area contributed by atoms with Crippen LogP contribution in [0.1, 0.15) is 17.4 Å². The summed E-state index contributed by atoms with van der Waals surface area (Å²) < 4.78 is 5.30. The highest BCUT2D eigenvalue weighted by Crippen LogP contribution is 2.26. The third-order valence-electron chi connectivity index (χ3n) is 4.47. The van der Waals surface area contributed by atoms with E-state index in [0.717, 1.165) is 10.9 Å². The van der Waals surface area contributed by atoms with E-state index in [-0.39, 0.29) is 24.9 Å². The van der Waals surface area contributed by atoms with E-state index in [1.807, 2.05) is 18.2 Å². The molecule has 8 heteroatoms. The van der Waals surface area contributed by atoms with Gasteiger partial charge in [-0.1, -0.05) is 6.07 Å². The molecule has 1 fully saturated rings. The van der Waals surface area contributed by atoms with Crippen LogP contribution in [0.4, 0.5) is 0 Å². The van der Waals surface area contributed by atoms with Gasteiger partial charge in [0.25, 0.3) is 5.91 Å². The maximum Gasteiger partial charge on any atom is 0.270 e. The molecule has 1 unspecified atom stereocenters. The molecule has 25 heavy (non-hydrogen) atoms. The minimum Gasteiger partial charge on any atom is -0.496 e. The minimum absolute atomic E-state index is 0.0836. The lowest BCUT2D eigenvalue weighted by Gasteiger charge is -2.39. The molecule has 3 amide bonds. The fourth-order valence-electron chi connectivity index (χ4n) is 3.18. The summed E-state index contributed by atoms with van der Waals surface area (Å²) in [6.45, 7) is 2.09. The first kappa shape index (κ1) is 16.8. The second-order valence-corrected chi connectivity index (χ2v) is 5.99. The van der Waals surface area contributed by atoms with E-state index < -0.39 is 11.9 Å². The van der Waals surface area contributed by atoms with Crippen molar-refractivity contribution in [1.82, 2.24) is 14.8 Å². The largest absolute Gasteiger partial charge is 0.496 e. The lowest BCUT2D eigenvalue weighted by atomic mass is 10.1. The van der Waals surface area contributed by atoms with Crippen LogP contribution >= 0.6 is 0 Å². The number of benzene rings is 1. The van der Waals surface area contributed by atoms with Crippen molar-refractivity contribution < 1.29 is 19.1 Å². The molecule has 0 spiro atoms. The highest BCUT2D eigenvalue weighted by molar-refractivity contribution is 6.00. The number of primary amides is 1. The molecule has 2 heterocycles. The molecule has 0 radical (unpaired) electrons. The smallest absolute Gasteiger partial charge is 0.270 e. The Labute approximate surface area is 144 Å². The van der Waals surface area contributed by atoms with Crippen LogP contribution < -0.4 is 10.5 Å². The van der Waals surface area contributed by atoms with Crippen molar-refractivity contribution in [1.29, 1.82) is 0 Å². The zero-order valence-corrected chi connectivity index (χ0v) is 14.1. The molecule has 1 saturated heterocycles. The summed E-state index contributed by atoms with van der Waals surface area (Å²) in [5.41, 5.74) is 6.59. The van der Waals surface area contributed by atoms with Gasteiger partial charge < -0.3 is 25.3 Å². The molecule has 1 atom stereocenters. The van der Waals surface area contributed by atoms with E-state index in [1.165, 1.54) is 16.7 Å². The fourth-order valence-corrected chi connectivity index (χ4v) is 3.18. The predicted octanol–water partition coefficient (Wildman–Crippen LogP) is 0.335. The van der Waals surface area contributed by atoms with Gasteiger partial charge in [0.05, 0.1) is 13.7 Å². The Balaban J connectivity index is 1.86. The van der Waals surface area contributed by atoms with E-state index in [0.29, 0.717) is 18.0 Å². The van der Waals surface area contributed by atoms with Crippen molar-refractivity contribution in [2.45, 2.75) is 13.0 Å². The van der Waals surface area contributed by atoms with Crippen LogP contribution in [0.2, 0.25) is 0 Å². The van der Waals surface area contributed by atoms with Gasteiger partial charge in [-0.2, -0.15) is 0 Å². The second-order valence-electron chi connectivity index (χ2n) is 5.99. The van der Waals surface area contributed by atoms with Gasteiger partial charge in [-0.3, -0.25) is 14.4 Å². The summed E-state index contributed by atoms with van der Waals surface area (Å²) in [5, 5.41) is 0.808. The average Bonchev–Trinajstić information content (AvgIpc) is 3.04. The molecular weight excluding hydrogens is 324 g/mol. The van der Waals surface area contributed by atoms with Gasteiger partial charge in [0.1, 0.15) is 17.5 Å². The first-order valence-corrected chi connectivity index (χ1v) is 7.94. The molecule has 2 aromatic rings. The standard InChI is InChI=1S/C17H20N4O4/c1-10(22)21-7-6-20(9-14(21)16(18)23)17(24)13-8-11-12(19-13)4-3-5-15(11)25-2/h3-5,8,14,19H,6-7,9H2,1-2H3,(H2,18,23). The van der Waals surface area contributed by atoms with Crippen molar-refractivity contribution in [3.05, 3.63) is 30.0 Å². The summed E-state index contributed by atoms with van der Waals surface area (Å²) in [4.78, 5) is 42.1. The number of rotatable bonds is 3. The highest BCUT2D eigenvalue weighted by Gasteiger charge is 2.35. The second kappa shape index (κ2) is 6.46. The number of hydrogen-bond acceptors (Lipinski definition) is 4. The molecule has 8 nitrogen and oxygen atoms in total. The SMILES string of the molecule is COc1cccc2[nH]c(C(=O)N3CCN(C(C)=O)C(C(N)=O)C3)cc12. The zero-order valence-electron chi connectivity index (χ0n) is 14.1. The Hall–Kier alpha value is -3.03. The number of carbonyl (C=O) groups is 3. The van der Waals surface area contributed by atoms with E-state index in [1.54, 1.807) is 13.2 Å². The number of methoxy groups -OCH3 is 1. The fraction of sp³-hybridized carbons (Fsp3) is 0.353. The van der Waals surface area contributed by atoms with Gasteiger partial charge >= 0.3 is 0 Å². The lowest BCUT2D eigenvalue weighted by molar-refractivity contribution is -0.140. The Kier molecular flexibility index (Phi) is 4.35. The van der Waals surface area contributed by atoms with Crippen molar-refractivity contribution in [3.8, 4) is 5.75 Å². The third-order valence-corrected chi connectivity index (χ3v) is 4.47. The van der Waals surface area contributed by atoms with Crippen LogP contribution in [0.5, 0.6) is 5.75 Å². The van der Waals surface area contributed by atoms with E-state index >= 15 is 0 Å². The molecular formula is C17H20N4O4. The summed E-state index contributed by atoms with van der Waals surface area (Å²) in [7, 11) is 1.57. The van der Waals surface area contributed by atoms with Crippen molar-refractivity contribution in [3.63, 3.8) is 0 Å². The third kappa shape index (κ3) is 3.02. The molecule has 0 bridgehead atoms. The molecule has 3 rings (SSSR count). The number of ether oxygens (including phenoxy) is 1. The van der Waals surface area contributed by atoms with Gasteiger partial charge in [-0.05, 0) is 18.2 Å². The number of nitrogens with two attached hydrogens (primary N) is 1. The van der Waals surface area contributed by atoms with E-state index in [9.17, 15) is 14.4 Å². The van der Waals surface area contributed by atoms with E-state index in [4.69, 9.17) is 10.5 Å². The number of amides is 3. The average molecular weight is 344 g/mol. The van der Waals surface area contributed by atoms with Crippen LogP contribution in [-0.2, 0) is 9.59 Å². The topological polar surface area (TPSA) is 109 Å². The molecule has 1 aliphatic rings. The predicted molar refractivity (Wildman–Crippen MR) is 91.1 cm³/mol. The molecule has 0 saturated carbocycles. The number of nitrogens with one attached hydrogen (secondary N) is 1. The lowest BCUT2D eigenvalue weighted by Crippen LogP contribution is -2.60. The van der Waals surface area contributed by atoms with Crippen molar-refractivity contribution in [2.75, 3.05) is 26.7 Å². The van der Waals surface area contributed by atoms with Gasteiger partial charge in [0, 0.05) is 30.9 Å². The van der Waals surface area contributed by atoms with Crippen LogP contribution in [-0.4, -0.2) is 65.3 Å². The number of fused-ring (bicyclic) bond motifs is 1. The molecule has 132 valence electrons. The first-order valence-electron chi connectivity index (χ1n) is 7.94. The summed E-state index contributed by atoms with van der Waals surface area (Å²) in [6.07, 6.45) is 0. The number of piperazine rings is 1. The minimum atomic E-state index is -0.811. The summed E-state index contributed by atoms with van der Waals surface area (Å²) >= 11 is 0. The van der Waals surface area contributed by atoms with Crippen molar-refractivity contribution >= 4 is 28.6 Å². The molecule has 0 aliphatic carbocycles. The van der Waals surface area contributed by atoms with E-state index in [2.05, 4.69) is 4.98 Å². The number of nitrogens with zero attached hydrogens (tertiary/aromatic N) is 2. The Morgan fingerprint density at radius 2 is 2.04 bits per heavy atom. The van der Waals surface area contributed by atoms with Gasteiger partial charge in [-0.25, -0.2) is 0 Å². The maximum atomic E-state index is 12.8. The van der Waals surface area contributed by atoms with Crippen LogP contribution in [0, 0.1) is 0 Å². The summed E-state index contributed by atoms with van der Waals surface area (Å²) in [6, 6.07) is 6.43. The number of aromatic amines is 1. The molecule has 1 aromatic heterocycles. The first-order chi connectivity index (χ1) is 11.9. The van der Waals surface area contributed by atoms with Gasteiger partial charge in [0.15, 0.2) is 0 Å². The van der Waals surface area contributed by atoms with Crippen LogP contribution in [0.3, 0.4) is 0 Å². The summed E-state index contributed by atoms with van der Waals surface area (Å²) in [5.74, 6) is -0.422. The highest BCUT2D eigenvalue weighted by atomic mass is 16.5. The number of carbonyl (C=O) groups excluding carboxylic acids is 3.